The van der Waals surface area contributed by atoms with Gasteiger partial charge in [-0.25, -0.2) is 14.5 Å². The fraction of sp³-hybridized carbons (Fsp3) is 0.500. The summed E-state index contributed by atoms with van der Waals surface area (Å²) in [5.74, 6) is -0.375. The van der Waals surface area contributed by atoms with Gasteiger partial charge in [-0.15, -0.1) is 5.10 Å². The van der Waals surface area contributed by atoms with Gasteiger partial charge in [0.1, 0.15) is 5.03 Å². The van der Waals surface area contributed by atoms with Crippen LogP contribution in [-0.2, 0) is 16.0 Å². The summed E-state index contributed by atoms with van der Waals surface area (Å²) in [6.07, 6.45) is 3.76. The zero-order valence-electron chi connectivity index (χ0n) is 12.7. The second-order valence-corrected chi connectivity index (χ2v) is 5.97. The molecular weight excluding hydrogens is 318 g/mol. The highest BCUT2D eigenvalue weighted by Gasteiger charge is 2.19. The maximum absolute atomic E-state index is 11.6. The minimum atomic E-state index is -0.375. The van der Waals surface area contributed by atoms with Crippen LogP contribution in [0, 0.1) is 0 Å². The number of ether oxygens (including phenoxy) is 2. The van der Waals surface area contributed by atoms with Gasteiger partial charge in [0.05, 0.1) is 24.8 Å². The average Bonchev–Trinajstić information content (AvgIpc) is 3.21. The fourth-order valence-corrected chi connectivity index (χ4v) is 2.96. The lowest BCUT2D eigenvalue weighted by atomic mass is 10.2. The van der Waals surface area contributed by atoms with Crippen LogP contribution in [-0.4, -0.2) is 50.5 Å². The zero-order valence-corrected chi connectivity index (χ0v) is 13.5. The van der Waals surface area contributed by atoms with Crippen LogP contribution in [0.3, 0.4) is 0 Å². The Hall–Kier alpha value is -2.00. The van der Waals surface area contributed by atoms with E-state index in [9.17, 15) is 4.79 Å². The van der Waals surface area contributed by atoms with Crippen LogP contribution >= 0.6 is 11.8 Å². The van der Waals surface area contributed by atoms with Crippen LogP contribution in [0.4, 0.5) is 0 Å². The monoisotopic (exact) mass is 335 g/mol. The van der Waals surface area contributed by atoms with Crippen molar-refractivity contribution >= 4 is 17.7 Å². The summed E-state index contributed by atoms with van der Waals surface area (Å²) in [6.45, 7) is 3.54. The Kier molecular flexibility index (Phi) is 5.19. The SMILES string of the molecule is CCOC(=O)c1ccc(Sc2nnnn2C[C@H]2CCCO2)nc1. The third kappa shape index (κ3) is 4.05. The molecule has 3 rings (SSSR count). The Labute approximate surface area is 137 Å². The van der Waals surface area contributed by atoms with Gasteiger partial charge in [-0.2, -0.15) is 0 Å². The van der Waals surface area contributed by atoms with Crippen molar-refractivity contribution in [3.8, 4) is 0 Å². The molecule has 8 nitrogen and oxygen atoms in total. The lowest BCUT2D eigenvalue weighted by Gasteiger charge is -2.09. The summed E-state index contributed by atoms with van der Waals surface area (Å²) in [5.41, 5.74) is 0.426. The van der Waals surface area contributed by atoms with Crippen LogP contribution < -0.4 is 0 Å². The molecule has 2 aromatic rings. The first kappa shape index (κ1) is 15.9. The molecule has 0 aliphatic carbocycles. The Morgan fingerprint density at radius 3 is 3.13 bits per heavy atom. The third-order valence-electron chi connectivity index (χ3n) is 3.34. The zero-order chi connectivity index (χ0) is 16.1. The molecule has 1 aliphatic heterocycles. The molecule has 9 heteroatoms. The van der Waals surface area contributed by atoms with Crippen LogP contribution in [0.25, 0.3) is 0 Å². The van der Waals surface area contributed by atoms with E-state index < -0.39 is 0 Å². The van der Waals surface area contributed by atoms with Gasteiger partial charge in [-0.05, 0) is 54.1 Å². The molecule has 1 atom stereocenters. The van der Waals surface area contributed by atoms with E-state index in [2.05, 4.69) is 20.5 Å². The molecule has 3 heterocycles. The highest BCUT2D eigenvalue weighted by Crippen LogP contribution is 2.24. The van der Waals surface area contributed by atoms with Crippen LogP contribution in [0.5, 0.6) is 0 Å². The smallest absolute Gasteiger partial charge is 0.339 e. The Morgan fingerprint density at radius 2 is 2.43 bits per heavy atom. The average molecular weight is 335 g/mol. The van der Waals surface area contributed by atoms with Crippen molar-refractivity contribution in [2.24, 2.45) is 0 Å². The van der Waals surface area contributed by atoms with Crippen molar-refractivity contribution in [1.29, 1.82) is 0 Å². The Bertz CT molecular complexity index is 655. The van der Waals surface area contributed by atoms with E-state index in [1.807, 2.05) is 0 Å². The summed E-state index contributed by atoms with van der Waals surface area (Å²) < 4.78 is 12.3. The topological polar surface area (TPSA) is 92.0 Å². The van der Waals surface area contributed by atoms with Gasteiger partial charge in [0.25, 0.3) is 0 Å². The minimum absolute atomic E-state index is 0.164. The Morgan fingerprint density at radius 1 is 1.52 bits per heavy atom. The van der Waals surface area contributed by atoms with Gasteiger partial charge in [-0.1, -0.05) is 0 Å². The summed E-state index contributed by atoms with van der Waals surface area (Å²) in [7, 11) is 0. The van der Waals surface area contributed by atoms with E-state index >= 15 is 0 Å². The molecule has 0 amide bonds. The van der Waals surface area contributed by atoms with E-state index in [1.165, 1.54) is 18.0 Å². The number of carbonyl (C=O) groups is 1. The first-order chi connectivity index (χ1) is 11.3. The summed E-state index contributed by atoms with van der Waals surface area (Å²) >= 11 is 1.35. The molecule has 0 unspecified atom stereocenters. The first-order valence-corrected chi connectivity index (χ1v) is 8.26. The fourth-order valence-electron chi connectivity index (χ4n) is 2.23. The van der Waals surface area contributed by atoms with E-state index in [0.717, 1.165) is 19.4 Å². The minimum Gasteiger partial charge on any atom is -0.462 e. The molecule has 1 fully saturated rings. The van der Waals surface area contributed by atoms with E-state index in [4.69, 9.17) is 9.47 Å². The predicted molar refractivity (Wildman–Crippen MR) is 81.1 cm³/mol. The molecule has 0 saturated carbocycles. The van der Waals surface area contributed by atoms with E-state index in [0.29, 0.717) is 28.9 Å². The molecule has 0 bridgehead atoms. The number of rotatable bonds is 6. The molecule has 0 radical (unpaired) electrons. The van der Waals surface area contributed by atoms with E-state index in [1.54, 1.807) is 23.7 Å². The van der Waals surface area contributed by atoms with Crippen LogP contribution in [0.15, 0.2) is 28.5 Å². The number of esters is 1. The number of aromatic nitrogens is 5. The van der Waals surface area contributed by atoms with Crippen molar-refractivity contribution in [3.05, 3.63) is 23.9 Å². The van der Waals surface area contributed by atoms with Crippen LogP contribution in [0.2, 0.25) is 0 Å². The molecule has 1 saturated heterocycles. The third-order valence-corrected chi connectivity index (χ3v) is 4.27. The first-order valence-electron chi connectivity index (χ1n) is 7.45. The number of tetrazole rings is 1. The highest BCUT2D eigenvalue weighted by molar-refractivity contribution is 7.99. The van der Waals surface area contributed by atoms with Crippen molar-refractivity contribution in [2.75, 3.05) is 13.2 Å². The van der Waals surface area contributed by atoms with Gasteiger partial charge in [0.2, 0.25) is 5.16 Å². The summed E-state index contributed by atoms with van der Waals surface area (Å²) in [5, 5.41) is 13.1. The Balaban J connectivity index is 1.65. The number of hydrogen-bond donors (Lipinski definition) is 0. The second-order valence-electron chi connectivity index (χ2n) is 4.99. The second kappa shape index (κ2) is 7.51. The number of pyridine rings is 1. The largest absolute Gasteiger partial charge is 0.462 e. The number of nitrogens with zero attached hydrogens (tertiary/aromatic N) is 5. The van der Waals surface area contributed by atoms with Crippen molar-refractivity contribution in [2.45, 2.75) is 42.6 Å². The van der Waals surface area contributed by atoms with Crippen LogP contribution in [0.1, 0.15) is 30.1 Å². The van der Waals surface area contributed by atoms with Gasteiger partial charge in [0, 0.05) is 12.8 Å². The van der Waals surface area contributed by atoms with Gasteiger partial charge in [-0.3, -0.25) is 0 Å². The normalized spacial score (nSPS) is 17.3. The molecule has 0 N–H and O–H groups in total. The van der Waals surface area contributed by atoms with Gasteiger partial charge < -0.3 is 9.47 Å². The molecule has 1 aliphatic rings. The maximum atomic E-state index is 11.6. The molecule has 23 heavy (non-hydrogen) atoms. The highest BCUT2D eigenvalue weighted by atomic mass is 32.2. The standard InChI is InChI=1S/C14H17N5O3S/c1-2-21-13(20)10-5-6-12(15-8-10)23-14-16-17-18-19(14)9-11-4-3-7-22-11/h5-6,8,11H,2-4,7,9H2,1H3/t11-/m1/s1. The molecule has 0 aromatic carbocycles. The molecule has 2 aromatic heterocycles. The predicted octanol–water partition coefficient (Wildman–Crippen LogP) is 1.57. The quantitative estimate of drug-likeness (QED) is 0.735. The number of carbonyl (C=O) groups excluding carboxylic acids is 1. The van der Waals surface area contributed by atoms with Crippen molar-refractivity contribution in [3.63, 3.8) is 0 Å². The van der Waals surface area contributed by atoms with Gasteiger partial charge in [0.15, 0.2) is 0 Å². The number of hydrogen-bond acceptors (Lipinski definition) is 8. The lowest BCUT2D eigenvalue weighted by molar-refractivity contribution is 0.0525. The maximum Gasteiger partial charge on any atom is 0.339 e. The van der Waals surface area contributed by atoms with Gasteiger partial charge >= 0.3 is 5.97 Å². The summed E-state index contributed by atoms with van der Waals surface area (Å²) in [4.78, 5) is 15.9. The molecular formula is C14H17N5O3S. The van der Waals surface area contributed by atoms with Crippen molar-refractivity contribution < 1.29 is 14.3 Å². The van der Waals surface area contributed by atoms with E-state index in [-0.39, 0.29) is 12.1 Å². The summed E-state index contributed by atoms with van der Waals surface area (Å²) in [6, 6.07) is 3.43. The molecule has 122 valence electrons. The molecule has 0 spiro atoms. The van der Waals surface area contributed by atoms with Crippen molar-refractivity contribution in [1.82, 2.24) is 25.2 Å². The lowest BCUT2D eigenvalue weighted by Crippen LogP contribution is -2.16.